The molecule has 6 aromatic rings. The van der Waals surface area contributed by atoms with Crippen molar-refractivity contribution in [2.45, 2.75) is 49.9 Å². The normalized spacial score (nSPS) is 19.6. The van der Waals surface area contributed by atoms with Crippen LogP contribution in [-0.2, 0) is 14.3 Å². The summed E-state index contributed by atoms with van der Waals surface area (Å²) >= 11 is 0. The molecule has 0 aliphatic carbocycles. The van der Waals surface area contributed by atoms with Gasteiger partial charge in [-0.1, -0.05) is 109 Å². The first-order chi connectivity index (χ1) is 28.9. The van der Waals surface area contributed by atoms with E-state index in [1.54, 1.807) is 0 Å². The van der Waals surface area contributed by atoms with Crippen molar-refractivity contribution < 1.29 is 14.3 Å². The van der Waals surface area contributed by atoms with Crippen molar-refractivity contribution in [1.82, 2.24) is 39.5 Å². The quantitative estimate of drug-likeness (QED) is 0.138. The lowest BCUT2D eigenvalue weighted by Gasteiger charge is -2.37. The van der Waals surface area contributed by atoms with Gasteiger partial charge in [-0.2, -0.15) is 0 Å². The van der Waals surface area contributed by atoms with Crippen molar-refractivity contribution in [3.05, 3.63) is 144 Å². The second kappa shape index (κ2) is 17.1. The van der Waals surface area contributed by atoms with Crippen LogP contribution in [0.25, 0.3) is 33.6 Å². The Kier molecular flexibility index (Phi) is 11.2. The number of likely N-dealkylation sites (tertiary alicyclic amines) is 2. The maximum Gasteiger partial charge on any atom is 0.245 e. The summed E-state index contributed by atoms with van der Waals surface area (Å²) in [6, 6.07) is 36.3. The number of nitrogens with zero attached hydrogens (tertiary/aromatic N) is 6. The number of carbonyl (C=O) groups is 2. The monoisotopic (exact) mass is 788 g/mol. The third kappa shape index (κ3) is 7.98. The molecule has 4 atom stereocenters. The predicted molar refractivity (Wildman–Crippen MR) is 229 cm³/mol. The number of imidazole rings is 2. The topological polar surface area (TPSA) is 114 Å². The number of nitrogens with one attached hydrogen (secondary N) is 2. The zero-order valence-electron chi connectivity index (χ0n) is 33.8. The lowest BCUT2D eigenvalue weighted by Crippen LogP contribution is -2.47. The molecule has 0 spiro atoms. The average Bonchev–Trinajstić information content (AvgIpc) is 4.12. The maximum atomic E-state index is 14.3. The van der Waals surface area contributed by atoms with E-state index in [4.69, 9.17) is 14.7 Å². The molecule has 3 fully saturated rings. The van der Waals surface area contributed by atoms with E-state index < -0.39 is 0 Å². The van der Waals surface area contributed by atoms with Crippen molar-refractivity contribution in [3.8, 4) is 33.6 Å². The van der Waals surface area contributed by atoms with E-state index in [1.807, 2.05) is 89.7 Å². The minimum atomic E-state index is -0.343. The Balaban J connectivity index is 0.862. The van der Waals surface area contributed by atoms with Gasteiger partial charge in [0.2, 0.25) is 11.8 Å². The minimum absolute atomic E-state index is 0.0851. The molecule has 3 aliphatic heterocycles. The molecule has 302 valence electrons. The van der Waals surface area contributed by atoms with E-state index in [0.717, 1.165) is 108 Å². The fourth-order valence-corrected chi connectivity index (χ4v) is 9.21. The number of hydrogen-bond donors (Lipinski definition) is 2. The van der Waals surface area contributed by atoms with Crippen LogP contribution in [0.2, 0.25) is 0 Å². The Morgan fingerprint density at radius 1 is 0.610 bits per heavy atom. The third-order valence-electron chi connectivity index (χ3n) is 12.2. The van der Waals surface area contributed by atoms with Crippen molar-refractivity contribution in [3.63, 3.8) is 0 Å². The summed E-state index contributed by atoms with van der Waals surface area (Å²) in [5.74, 6) is 1.90. The van der Waals surface area contributed by atoms with E-state index in [2.05, 4.69) is 75.5 Å². The third-order valence-corrected chi connectivity index (χ3v) is 12.2. The number of hydrogen-bond acceptors (Lipinski definition) is 7. The highest BCUT2D eigenvalue weighted by Gasteiger charge is 2.40. The Labute approximate surface area is 346 Å². The van der Waals surface area contributed by atoms with Gasteiger partial charge in [-0.15, -0.1) is 0 Å². The maximum absolute atomic E-state index is 14.3. The van der Waals surface area contributed by atoms with E-state index >= 15 is 0 Å². The Hall–Kier alpha value is -5.88. The van der Waals surface area contributed by atoms with Crippen LogP contribution in [0.4, 0.5) is 0 Å². The van der Waals surface area contributed by atoms with Gasteiger partial charge in [-0.3, -0.25) is 19.4 Å². The number of aromatic amines is 2. The Bertz CT molecular complexity index is 2340. The van der Waals surface area contributed by atoms with E-state index in [9.17, 15) is 9.59 Å². The molecule has 3 aliphatic rings. The summed E-state index contributed by atoms with van der Waals surface area (Å²) in [5, 5.41) is 0. The Morgan fingerprint density at radius 3 is 1.56 bits per heavy atom. The molecule has 1 unspecified atom stereocenters. The van der Waals surface area contributed by atoms with E-state index in [1.165, 1.54) is 0 Å². The molecular formula is C48H52N8O3. The summed E-state index contributed by atoms with van der Waals surface area (Å²) in [5.41, 5.74) is 8.20. The second-order valence-electron chi connectivity index (χ2n) is 16.1. The van der Waals surface area contributed by atoms with Gasteiger partial charge in [0, 0.05) is 26.2 Å². The number of morpholine rings is 1. The number of H-pyrrole nitrogens is 2. The lowest BCUT2D eigenvalue weighted by molar-refractivity contribution is -0.140. The van der Waals surface area contributed by atoms with Crippen LogP contribution in [0.5, 0.6) is 0 Å². The minimum Gasteiger partial charge on any atom is -0.379 e. The second-order valence-corrected chi connectivity index (χ2v) is 16.1. The molecule has 11 nitrogen and oxygen atoms in total. The number of aromatic nitrogens is 4. The van der Waals surface area contributed by atoms with Crippen LogP contribution in [0, 0.1) is 0 Å². The molecule has 59 heavy (non-hydrogen) atoms. The SMILES string of the molecule is CN(C)C(C(=O)N1CCC[C@H]1c1ncc(-c2ccc(-c3ccc(-c4cnc([C@@H]5CCCN5C(=O)[C@@H](c5ccccc5)N5CCOCC5)[nH]4)cc3)cc2)[nH]1)c1ccccc1. The van der Waals surface area contributed by atoms with Gasteiger partial charge < -0.3 is 24.5 Å². The molecule has 9 rings (SSSR count). The first-order valence-corrected chi connectivity index (χ1v) is 20.9. The summed E-state index contributed by atoms with van der Waals surface area (Å²) in [4.78, 5) is 53.3. The van der Waals surface area contributed by atoms with Crippen molar-refractivity contribution in [2.75, 3.05) is 53.5 Å². The molecule has 2 aromatic heterocycles. The number of benzene rings is 4. The fourth-order valence-electron chi connectivity index (χ4n) is 9.21. The smallest absolute Gasteiger partial charge is 0.245 e. The molecule has 2 amide bonds. The highest BCUT2D eigenvalue weighted by molar-refractivity contribution is 5.85. The van der Waals surface area contributed by atoms with E-state index in [-0.39, 0.29) is 36.0 Å². The number of rotatable bonds is 11. The Morgan fingerprint density at radius 2 is 1.07 bits per heavy atom. The van der Waals surface area contributed by atoms with Gasteiger partial charge in [-0.25, -0.2) is 9.97 Å². The van der Waals surface area contributed by atoms with Crippen LogP contribution < -0.4 is 0 Å². The van der Waals surface area contributed by atoms with Crippen LogP contribution >= 0.6 is 0 Å². The van der Waals surface area contributed by atoms with Gasteiger partial charge in [0.1, 0.15) is 23.7 Å². The van der Waals surface area contributed by atoms with Crippen LogP contribution in [0.15, 0.2) is 122 Å². The number of ether oxygens (including phenoxy) is 1. The zero-order valence-corrected chi connectivity index (χ0v) is 33.8. The standard InChI is InChI=1S/C48H52N8O3/c1-53(2)43(37-11-5-3-6-12-37)47(57)55-25-9-15-41(55)45-49-31-39(51-45)35-21-17-33(18-22-35)34-19-23-36(24-20-34)40-32-50-46(52-40)42-16-10-26-56(42)48(58)44(38-13-7-4-8-14-38)54-27-29-59-30-28-54/h3-8,11-14,17-24,31-32,41-44H,9-10,15-16,25-30H2,1-2H3,(H,49,51)(H,50,52)/t41-,42-,43?,44+/m0/s1. The van der Waals surface area contributed by atoms with Gasteiger partial charge in [0.15, 0.2) is 0 Å². The lowest BCUT2D eigenvalue weighted by atomic mass is 10.0. The zero-order chi connectivity index (χ0) is 40.3. The van der Waals surface area contributed by atoms with E-state index in [0.29, 0.717) is 13.2 Å². The summed E-state index contributed by atoms with van der Waals surface area (Å²) in [7, 11) is 3.92. The average molecular weight is 789 g/mol. The molecular weight excluding hydrogens is 737 g/mol. The van der Waals surface area contributed by atoms with Crippen LogP contribution in [0.3, 0.4) is 0 Å². The molecule has 4 aromatic carbocycles. The summed E-state index contributed by atoms with van der Waals surface area (Å²) in [6.07, 6.45) is 7.42. The van der Waals surface area contributed by atoms with Gasteiger partial charge in [-0.05, 0) is 73.2 Å². The van der Waals surface area contributed by atoms with Crippen LogP contribution in [0.1, 0.15) is 72.6 Å². The largest absolute Gasteiger partial charge is 0.379 e. The molecule has 5 heterocycles. The van der Waals surface area contributed by atoms with Gasteiger partial charge >= 0.3 is 0 Å². The molecule has 11 heteroatoms. The first-order valence-electron chi connectivity index (χ1n) is 20.9. The molecule has 3 saturated heterocycles. The van der Waals surface area contributed by atoms with Gasteiger partial charge in [0.05, 0.1) is 49.1 Å². The highest BCUT2D eigenvalue weighted by Crippen LogP contribution is 2.37. The van der Waals surface area contributed by atoms with Crippen molar-refractivity contribution in [2.24, 2.45) is 0 Å². The molecule has 0 radical (unpaired) electrons. The number of carbonyl (C=O) groups excluding carboxylic acids is 2. The highest BCUT2D eigenvalue weighted by atomic mass is 16.5. The number of amides is 2. The predicted octanol–water partition coefficient (Wildman–Crippen LogP) is 7.84. The fraction of sp³-hybridized carbons (Fsp3) is 0.333. The molecule has 0 saturated carbocycles. The van der Waals surface area contributed by atoms with Crippen LogP contribution in [-0.4, -0.2) is 105 Å². The number of likely N-dealkylation sites (N-methyl/N-ethyl adjacent to an activating group) is 1. The molecule has 0 bridgehead atoms. The van der Waals surface area contributed by atoms with Crippen molar-refractivity contribution in [1.29, 1.82) is 0 Å². The summed E-state index contributed by atoms with van der Waals surface area (Å²) in [6.45, 7) is 4.17. The summed E-state index contributed by atoms with van der Waals surface area (Å²) < 4.78 is 5.63. The van der Waals surface area contributed by atoms with Crippen molar-refractivity contribution >= 4 is 11.8 Å². The first kappa shape index (κ1) is 38.6. The molecule has 2 N–H and O–H groups in total. The van der Waals surface area contributed by atoms with Gasteiger partial charge in [0.25, 0.3) is 0 Å².